The van der Waals surface area contributed by atoms with Crippen LogP contribution in [0.2, 0.25) is 15.1 Å². The number of nitrogens with one attached hydrogen (secondary N) is 1. The summed E-state index contributed by atoms with van der Waals surface area (Å²) in [5.41, 5.74) is 3.12. The molecule has 0 saturated heterocycles. The van der Waals surface area contributed by atoms with Crippen molar-refractivity contribution < 1.29 is 18.0 Å². The number of sulfonamides is 1. The van der Waals surface area contributed by atoms with Crippen LogP contribution >= 0.6 is 34.8 Å². The first-order valence-corrected chi connectivity index (χ1v) is 17.9. The molecule has 0 aliphatic heterocycles. The second-order valence-corrected chi connectivity index (χ2v) is 14.5. The number of amides is 2. The largest absolute Gasteiger partial charge is 0.354 e. The van der Waals surface area contributed by atoms with Crippen molar-refractivity contribution in [2.45, 2.75) is 57.5 Å². The fourth-order valence-corrected chi connectivity index (χ4v) is 7.20. The third-order valence-electron chi connectivity index (χ3n) is 7.78. The number of nitrogens with zero attached hydrogens (tertiary/aromatic N) is 2. The van der Waals surface area contributed by atoms with Crippen molar-refractivity contribution in [3.05, 3.63) is 128 Å². The van der Waals surface area contributed by atoms with Gasteiger partial charge in [-0.15, -0.1) is 0 Å². The van der Waals surface area contributed by atoms with Gasteiger partial charge in [0, 0.05) is 34.6 Å². The van der Waals surface area contributed by atoms with Gasteiger partial charge in [0.1, 0.15) is 12.6 Å². The van der Waals surface area contributed by atoms with Gasteiger partial charge in [0.2, 0.25) is 11.8 Å². The van der Waals surface area contributed by atoms with Crippen LogP contribution in [0.3, 0.4) is 0 Å². The standard InChI is InChI=1S/C36H38Cl3N3O4S/c1-4-5-19-40-36(44)34(20-27-9-7-6-8-10-27)41(23-28-14-16-29(37)21-32(28)39)35(43)24-42(33-22-30(38)15-13-26(33)3)47(45,46)31-17-11-25(2)12-18-31/h6-18,21-22,34H,4-5,19-20,23-24H2,1-3H3,(H,40,44)/t34-/m0/s1. The molecule has 11 heteroatoms. The van der Waals surface area contributed by atoms with Crippen LogP contribution in [0, 0.1) is 13.8 Å². The molecule has 1 N–H and O–H groups in total. The predicted octanol–water partition coefficient (Wildman–Crippen LogP) is 8.02. The van der Waals surface area contributed by atoms with Gasteiger partial charge in [0.15, 0.2) is 0 Å². The first-order chi connectivity index (χ1) is 22.4. The number of aryl methyl sites for hydroxylation is 2. The fraction of sp³-hybridized carbons (Fsp3) is 0.278. The van der Waals surface area contributed by atoms with E-state index in [2.05, 4.69) is 5.32 Å². The number of hydrogen-bond acceptors (Lipinski definition) is 4. The number of unbranched alkanes of at least 4 members (excludes halogenated alkanes) is 1. The van der Waals surface area contributed by atoms with E-state index in [4.69, 9.17) is 34.8 Å². The molecule has 0 saturated carbocycles. The molecule has 0 radical (unpaired) electrons. The highest BCUT2D eigenvalue weighted by Crippen LogP contribution is 2.31. The molecule has 0 fully saturated rings. The maximum absolute atomic E-state index is 14.6. The molecule has 4 aromatic carbocycles. The molecule has 248 valence electrons. The maximum Gasteiger partial charge on any atom is 0.264 e. The van der Waals surface area contributed by atoms with E-state index >= 15 is 0 Å². The second kappa shape index (κ2) is 16.5. The average molecular weight is 715 g/mol. The topological polar surface area (TPSA) is 86.8 Å². The summed E-state index contributed by atoms with van der Waals surface area (Å²) in [6.07, 6.45) is 1.82. The van der Waals surface area contributed by atoms with Crippen molar-refractivity contribution in [3.63, 3.8) is 0 Å². The Morgan fingerprint density at radius 1 is 0.851 bits per heavy atom. The van der Waals surface area contributed by atoms with Crippen LogP contribution < -0.4 is 9.62 Å². The Balaban J connectivity index is 1.84. The summed E-state index contributed by atoms with van der Waals surface area (Å²) in [6.45, 7) is 5.39. The summed E-state index contributed by atoms with van der Waals surface area (Å²) in [7, 11) is -4.26. The number of hydrogen-bond donors (Lipinski definition) is 1. The molecular weight excluding hydrogens is 677 g/mol. The van der Waals surface area contributed by atoms with Crippen molar-refractivity contribution >= 4 is 62.3 Å². The molecule has 4 aromatic rings. The molecule has 47 heavy (non-hydrogen) atoms. The average Bonchev–Trinajstić information content (AvgIpc) is 3.04. The number of halogens is 3. The van der Waals surface area contributed by atoms with Gasteiger partial charge >= 0.3 is 0 Å². The Morgan fingerprint density at radius 2 is 1.51 bits per heavy atom. The molecule has 0 unspecified atom stereocenters. The zero-order valence-corrected chi connectivity index (χ0v) is 29.6. The van der Waals surface area contributed by atoms with E-state index in [9.17, 15) is 18.0 Å². The first kappa shape index (κ1) is 36.3. The van der Waals surface area contributed by atoms with Crippen LogP contribution in [-0.2, 0) is 32.6 Å². The van der Waals surface area contributed by atoms with E-state index in [0.717, 1.165) is 28.3 Å². The number of rotatable bonds is 14. The summed E-state index contributed by atoms with van der Waals surface area (Å²) < 4.78 is 29.6. The maximum atomic E-state index is 14.6. The number of benzene rings is 4. The summed E-state index contributed by atoms with van der Waals surface area (Å²) in [4.78, 5) is 30.0. The van der Waals surface area contributed by atoms with Gasteiger partial charge in [0.05, 0.1) is 10.6 Å². The molecule has 2 amide bonds. The molecule has 0 aromatic heterocycles. The van der Waals surface area contributed by atoms with E-state index in [1.807, 2.05) is 44.2 Å². The molecule has 4 rings (SSSR count). The van der Waals surface area contributed by atoms with Crippen molar-refractivity contribution in [3.8, 4) is 0 Å². The van der Waals surface area contributed by atoms with Crippen molar-refractivity contribution in [1.29, 1.82) is 0 Å². The minimum absolute atomic E-state index is 0.0146. The fourth-order valence-electron chi connectivity index (χ4n) is 5.10. The minimum atomic E-state index is -4.26. The molecule has 7 nitrogen and oxygen atoms in total. The molecular formula is C36H38Cl3N3O4S. The zero-order valence-electron chi connectivity index (χ0n) is 26.5. The van der Waals surface area contributed by atoms with E-state index in [0.29, 0.717) is 32.7 Å². The van der Waals surface area contributed by atoms with Gasteiger partial charge in [-0.25, -0.2) is 8.42 Å². The Bertz CT molecular complexity index is 1800. The van der Waals surface area contributed by atoms with Crippen LogP contribution in [0.25, 0.3) is 0 Å². The molecule has 0 spiro atoms. The number of carbonyl (C=O) groups is 2. The summed E-state index contributed by atoms with van der Waals surface area (Å²) in [6, 6.07) is 24.6. The Morgan fingerprint density at radius 3 is 2.17 bits per heavy atom. The van der Waals surface area contributed by atoms with E-state index in [1.165, 1.54) is 23.1 Å². The Kier molecular flexibility index (Phi) is 12.7. The lowest BCUT2D eigenvalue weighted by molar-refractivity contribution is -0.140. The van der Waals surface area contributed by atoms with Gasteiger partial charge in [0.25, 0.3) is 10.0 Å². The van der Waals surface area contributed by atoms with Gasteiger partial charge in [-0.05, 0) is 73.4 Å². The first-order valence-electron chi connectivity index (χ1n) is 15.3. The van der Waals surface area contributed by atoms with Crippen LogP contribution in [0.1, 0.15) is 42.0 Å². The van der Waals surface area contributed by atoms with Crippen LogP contribution in [-0.4, -0.2) is 44.3 Å². The lowest BCUT2D eigenvalue weighted by Crippen LogP contribution is -2.53. The Hall–Kier alpha value is -3.56. The lowest BCUT2D eigenvalue weighted by Gasteiger charge is -2.34. The smallest absolute Gasteiger partial charge is 0.264 e. The molecule has 0 aliphatic rings. The van der Waals surface area contributed by atoms with Crippen LogP contribution in [0.5, 0.6) is 0 Å². The van der Waals surface area contributed by atoms with Crippen molar-refractivity contribution in [1.82, 2.24) is 10.2 Å². The third-order valence-corrected chi connectivity index (χ3v) is 10.4. The minimum Gasteiger partial charge on any atom is -0.354 e. The van der Waals surface area contributed by atoms with E-state index in [1.54, 1.807) is 49.4 Å². The van der Waals surface area contributed by atoms with Gasteiger partial charge in [-0.3, -0.25) is 13.9 Å². The van der Waals surface area contributed by atoms with Gasteiger partial charge in [-0.1, -0.05) is 108 Å². The second-order valence-electron chi connectivity index (χ2n) is 11.4. The molecule has 1 atom stereocenters. The number of carbonyl (C=O) groups excluding carboxylic acids is 2. The lowest BCUT2D eigenvalue weighted by atomic mass is 10.0. The predicted molar refractivity (Wildman–Crippen MR) is 191 cm³/mol. The third kappa shape index (κ3) is 9.51. The molecule has 0 aliphatic carbocycles. The number of anilines is 1. The Labute approximate surface area is 292 Å². The summed E-state index contributed by atoms with van der Waals surface area (Å²) >= 11 is 19.1. The highest BCUT2D eigenvalue weighted by atomic mass is 35.5. The summed E-state index contributed by atoms with van der Waals surface area (Å²) in [5.74, 6) is -0.953. The van der Waals surface area contributed by atoms with E-state index in [-0.39, 0.29) is 29.5 Å². The normalized spacial score (nSPS) is 12.0. The van der Waals surface area contributed by atoms with Crippen molar-refractivity contribution in [2.24, 2.45) is 0 Å². The monoisotopic (exact) mass is 713 g/mol. The van der Waals surface area contributed by atoms with Crippen LogP contribution in [0.4, 0.5) is 5.69 Å². The zero-order chi connectivity index (χ0) is 34.1. The highest BCUT2D eigenvalue weighted by molar-refractivity contribution is 7.92. The molecule has 0 heterocycles. The molecule has 0 bridgehead atoms. The highest BCUT2D eigenvalue weighted by Gasteiger charge is 2.35. The van der Waals surface area contributed by atoms with E-state index < -0.39 is 28.5 Å². The summed E-state index contributed by atoms with van der Waals surface area (Å²) in [5, 5.41) is 4.02. The van der Waals surface area contributed by atoms with Gasteiger partial charge < -0.3 is 10.2 Å². The quantitative estimate of drug-likeness (QED) is 0.134. The van der Waals surface area contributed by atoms with Crippen LogP contribution in [0.15, 0.2) is 95.9 Å². The van der Waals surface area contributed by atoms with Crippen molar-refractivity contribution in [2.75, 3.05) is 17.4 Å². The van der Waals surface area contributed by atoms with Gasteiger partial charge in [-0.2, -0.15) is 0 Å². The SMILES string of the molecule is CCCCNC(=O)[C@H](Cc1ccccc1)N(Cc1ccc(Cl)cc1Cl)C(=O)CN(c1cc(Cl)ccc1C)S(=O)(=O)c1ccc(C)cc1.